The maximum atomic E-state index is 10.6. The third-order valence-electron chi connectivity index (χ3n) is 4.23. The fourth-order valence-electron chi connectivity index (χ4n) is 2.88. The number of nitrogens with one attached hydrogen (secondary N) is 1. The van der Waals surface area contributed by atoms with Gasteiger partial charge in [-0.05, 0) is 30.9 Å². The van der Waals surface area contributed by atoms with Crippen molar-refractivity contribution in [2.45, 2.75) is 26.9 Å². The van der Waals surface area contributed by atoms with Crippen LogP contribution in [-0.2, 0) is 0 Å². The minimum atomic E-state index is -0.621. The largest absolute Gasteiger partial charge is 0.507 e. The number of phenolic OH excluding ortho intramolecular Hbond substituents is 1. The highest BCUT2D eigenvalue weighted by molar-refractivity contribution is 5.45. The van der Waals surface area contributed by atoms with Crippen LogP contribution >= 0.6 is 0 Å². The molecule has 1 aromatic carbocycles. The Morgan fingerprint density at radius 1 is 1.20 bits per heavy atom. The van der Waals surface area contributed by atoms with E-state index >= 15 is 0 Å². The first kappa shape index (κ1) is 15.3. The van der Waals surface area contributed by atoms with Gasteiger partial charge in [0.2, 0.25) is 0 Å². The van der Waals surface area contributed by atoms with Crippen LogP contribution in [0.4, 0.5) is 0 Å². The molecule has 4 nitrogen and oxygen atoms in total. The lowest BCUT2D eigenvalue weighted by Crippen LogP contribution is -2.45. The van der Waals surface area contributed by atoms with Crippen molar-refractivity contribution >= 4 is 0 Å². The standard InChI is InChI=1S/C16H26N2O2/c1-11-4-5-12(2)15(19)14(11)16(20)13(3)10-18-8-6-17-7-9-18/h4-5,13,16-17,19-20H,6-10H2,1-3H3. The molecule has 2 rings (SSSR count). The lowest BCUT2D eigenvalue weighted by atomic mass is 9.91. The Labute approximate surface area is 121 Å². The number of aromatic hydroxyl groups is 1. The van der Waals surface area contributed by atoms with Gasteiger partial charge in [-0.3, -0.25) is 0 Å². The summed E-state index contributed by atoms with van der Waals surface area (Å²) < 4.78 is 0. The van der Waals surface area contributed by atoms with Crippen LogP contribution in [0.2, 0.25) is 0 Å². The van der Waals surface area contributed by atoms with Crippen molar-refractivity contribution in [1.29, 1.82) is 0 Å². The van der Waals surface area contributed by atoms with Gasteiger partial charge in [0.05, 0.1) is 6.10 Å². The number of phenols is 1. The molecule has 4 heteroatoms. The van der Waals surface area contributed by atoms with Crippen LogP contribution in [0.25, 0.3) is 0 Å². The lowest BCUT2D eigenvalue weighted by Gasteiger charge is -2.32. The van der Waals surface area contributed by atoms with E-state index in [9.17, 15) is 10.2 Å². The van der Waals surface area contributed by atoms with Crippen LogP contribution in [0.15, 0.2) is 12.1 Å². The zero-order valence-electron chi connectivity index (χ0n) is 12.7. The molecule has 1 heterocycles. The van der Waals surface area contributed by atoms with Crippen LogP contribution in [0.5, 0.6) is 5.75 Å². The summed E-state index contributed by atoms with van der Waals surface area (Å²) in [5.74, 6) is 0.337. The first-order chi connectivity index (χ1) is 9.50. The first-order valence-electron chi connectivity index (χ1n) is 7.41. The Hall–Kier alpha value is -1.10. The van der Waals surface area contributed by atoms with Crippen molar-refractivity contribution in [3.8, 4) is 5.75 Å². The molecule has 2 atom stereocenters. The van der Waals surface area contributed by atoms with E-state index in [-0.39, 0.29) is 11.7 Å². The molecule has 0 radical (unpaired) electrons. The Balaban J connectivity index is 2.10. The minimum absolute atomic E-state index is 0.0968. The number of benzene rings is 1. The van der Waals surface area contributed by atoms with E-state index < -0.39 is 6.10 Å². The van der Waals surface area contributed by atoms with Crippen LogP contribution in [-0.4, -0.2) is 47.8 Å². The number of hydrogen-bond acceptors (Lipinski definition) is 4. The molecular formula is C16H26N2O2. The second-order valence-corrected chi connectivity index (χ2v) is 5.93. The molecule has 0 aliphatic carbocycles. The smallest absolute Gasteiger partial charge is 0.124 e. The summed E-state index contributed by atoms with van der Waals surface area (Å²) in [6.45, 7) is 10.8. The number of piperazine rings is 1. The van der Waals surface area contributed by atoms with Crippen molar-refractivity contribution < 1.29 is 10.2 Å². The maximum Gasteiger partial charge on any atom is 0.124 e. The number of rotatable bonds is 4. The van der Waals surface area contributed by atoms with Crippen molar-refractivity contribution in [2.24, 2.45) is 5.92 Å². The zero-order chi connectivity index (χ0) is 14.7. The molecular weight excluding hydrogens is 252 g/mol. The molecule has 0 bridgehead atoms. The molecule has 112 valence electrons. The Bertz CT molecular complexity index is 456. The van der Waals surface area contributed by atoms with E-state index in [1.54, 1.807) is 0 Å². The molecule has 0 amide bonds. The van der Waals surface area contributed by atoms with Crippen molar-refractivity contribution in [3.05, 3.63) is 28.8 Å². The van der Waals surface area contributed by atoms with Gasteiger partial charge in [-0.15, -0.1) is 0 Å². The number of aliphatic hydroxyl groups is 1. The average Bonchev–Trinajstić information content (AvgIpc) is 2.44. The molecule has 20 heavy (non-hydrogen) atoms. The summed E-state index contributed by atoms with van der Waals surface area (Å²) in [6.07, 6.45) is -0.621. The highest BCUT2D eigenvalue weighted by Crippen LogP contribution is 2.34. The van der Waals surface area contributed by atoms with Gasteiger partial charge in [-0.25, -0.2) is 0 Å². The molecule has 0 spiro atoms. The second-order valence-electron chi connectivity index (χ2n) is 5.93. The van der Waals surface area contributed by atoms with Crippen LogP contribution in [0.3, 0.4) is 0 Å². The van der Waals surface area contributed by atoms with Crippen molar-refractivity contribution in [2.75, 3.05) is 32.7 Å². The SMILES string of the molecule is Cc1ccc(C)c(C(O)C(C)CN2CCNCC2)c1O. The van der Waals surface area contributed by atoms with Gasteiger partial charge < -0.3 is 20.4 Å². The fourth-order valence-corrected chi connectivity index (χ4v) is 2.88. The summed E-state index contributed by atoms with van der Waals surface area (Å²) in [5.41, 5.74) is 2.46. The molecule has 1 aliphatic rings. The third-order valence-corrected chi connectivity index (χ3v) is 4.23. The quantitative estimate of drug-likeness (QED) is 0.783. The number of hydrogen-bond donors (Lipinski definition) is 3. The first-order valence-corrected chi connectivity index (χ1v) is 7.41. The molecule has 1 fully saturated rings. The summed E-state index contributed by atoms with van der Waals surface area (Å²) in [4.78, 5) is 2.37. The predicted octanol–water partition coefficient (Wildman–Crippen LogP) is 1.58. The number of aryl methyl sites for hydroxylation is 2. The fraction of sp³-hybridized carbons (Fsp3) is 0.625. The van der Waals surface area contributed by atoms with E-state index in [1.807, 2.05) is 32.9 Å². The third kappa shape index (κ3) is 3.32. The van der Waals surface area contributed by atoms with Gasteiger partial charge in [0.25, 0.3) is 0 Å². The Morgan fingerprint density at radius 2 is 1.80 bits per heavy atom. The normalized spacial score (nSPS) is 19.8. The summed E-state index contributed by atoms with van der Waals surface area (Å²) in [5, 5.41) is 24.2. The zero-order valence-corrected chi connectivity index (χ0v) is 12.7. The Kier molecular flexibility index (Phi) is 5.02. The summed E-state index contributed by atoms with van der Waals surface area (Å²) in [6, 6.07) is 3.85. The van der Waals surface area contributed by atoms with E-state index in [1.165, 1.54) is 0 Å². The monoisotopic (exact) mass is 278 g/mol. The lowest BCUT2D eigenvalue weighted by molar-refractivity contribution is 0.0817. The van der Waals surface area contributed by atoms with E-state index in [2.05, 4.69) is 10.2 Å². The summed E-state index contributed by atoms with van der Waals surface area (Å²) >= 11 is 0. The topological polar surface area (TPSA) is 55.7 Å². The van der Waals surface area contributed by atoms with Gasteiger partial charge in [-0.1, -0.05) is 19.1 Å². The van der Waals surface area contributed by atoms with Crippen LogP contribution in [0, 0.1) is 19.8 Å². The number of nitrogens with zero attached hydrogens (tertiary/aromatic N) is 1. The van der Waals surface area contributed by atoms with Gasteiger partial charge in [-0.2, -0.15) is 0 Å². The highest BCUT2D eigenvalue weighted by atomic mass is 16.3. The maximum absolute atomic E-state index is 10.6. The van der Waals surface area contributed by atoms with Crippen LogP contribution in [0.1, 0.15) is 29.7 Å². The van der Waals surface area contributed by atoms with E-state index in [0.29, 0.717) is 5.56 Å². The molecule has 0 saturated carbocycles. The predicted molar refractivity (Wildman–Crippen MR) is 81.0 cm³/mol. The summed E-state index contributed by atoms with van der Waals surface area (Å²) in [7, 11) is 0. The Morgan fingerprint density at radius 3 is 2.45 bits per heavy atom. The molecule has 0 aromatic heterocycles. The van der Waals surface area contributed by atoms with Crippen molar-refractivity contribution in [1.82, 2.24) is 10.2 Å². The highest BCUT2D eigenvalue weighted by Gasteiger charge is 2.24. The van der Waals surface area contributed by atoms with E-state index in [4.69, 9.17) is 0 Å². The van der Waals surface area contributed by atoms with Gasteiger partial charge in [0.15, 0.2) is 0 Å². The van der Waals surface area contributed by atoms with Crippen molar-refractivity contribution in [3.63, 3.8) is 0 Å². The van der Waals surface area contributed by atoms with Gasteiger partial charge in [0.1, 0.15) is 5.75 Å². The molecule has 1 saturated heterocycles. The number of aliphatic hydroxyl groups excluding tert-OH is 1. The van der Waals surface area contributed by atoms with E-state index in [0.717, 1.165) is 43.9 Å². The molecule has 2 unspecified atom stereocenters. The van der Waals surface area contributed by atoms with Gasteiger partial charge >= 0.3 is 0 Å². The molecule has 1 aromatic rings. The van der Waals surface area contributed by atoms with Crippen LogP contribution < -0.4 is 5.32 Å². The van der Waals surface area contributed by atoms with Gasteiger partial charge in [0, 0.05) is 38.3 Å². The minimum Gasteiger partial charge on any atom is -0.507 e. The second kappa shape index (κ2) is 6.57. The average molecular weight is 278 g/mol. The molecule has 1 aliphatic heterocycles. The molecule has 3 N–H and O–H groups in total.